The Labute approximate surface area is 118 Å². The molecule has 0 aromatic rings. The van der Waals surface area contributed by atoms with E-state index < -0.39 is 12.1 Å². The van der Waals surface area contributed by atoms with Crippen molar-refractivity contribution in [3.63, 3.8) is 0 Å². The summed E-state index contributed by atoms with van der Waals surface area (Å²) in [4.78, 5) is 22.7. The summed E-state index contributed by atoms with van der Waals surface area (Å²) in [6.45, 7) is 0. The molecule has 2 aliphatic rings. The van der Waals surface area contributed by atoms with Crippen LogP contribution < -0.4 is 10.6 Å². The summed E-state index contributed by atoms with van der Waals surface area (Å²) >= 11 is 0. The molecular weight excluding hydrogens is 260 g/mol. The molecule has 2 amide bonds. The fourth-order valence-corrected chi connectivity index (χ4v) is 3.16. The van der Waals surface area contributed by atoms with Crippen LogP contribution in [0.2, 0.25) is 0 Å². The number of aliphatic hydroxyl groups excluding tert-OH is 1. The van der Waals surface area contributed by atoms with E-state index in [9.17, 15) is 14.7 Å². The Morgan fingerprint density at radius 3 is 2.15 bits per heavy atom. The van der Waals surface area contributed by atoms with Crippen molar-refractivity contribution in [2.24, 2.45) is 5.92 Å². The number of aliphatic hydroxyl groups is 1. The maximum absolute atomic E-state index is 11.9. The zero-order chi connectivity index (χ0) is 14.5. The fourth-order valence-electron chi connectivity index (χ4n) is 3.16. The molecule has 0 unspecified atom stereocenters. The van der Waals surface area contributed by atoms with Crippen molar-refractivity contribution in [3.8, 4) is 0 Å². The van der Waals surface area contributed by atoms with Gasteiger partial charge in [0.2, 0.25) is 0 Å². The van der Waals surface area contributed by atoms with Gasteiger partial charge in [0.25, 0.3) is 0 Å². The summed E-state index contributed by atoms with van der Waals surface area (Å²) in [7, 11) is 0. The van der Waals surface area contributed by atoms with E-state index in [0.717, 1.165) is 25.7 Å². The van der Waals surface area contributed by atoms with Crippen LogP contribution in [-0.2, 0) is 4.79 Å². The highest BCUT2D eigenvalue weighted by atomic mass is 16.4. The molecule has 2 rings (SSSR count). The van der Waals surface area contributed by atoms with E-state index in [-0.39, 0.29) is 24.0 Å². The largest absolute Gasteiger partial charge is 0.481 e. The number of carboxylic acids is 1. The summed E-state index contributed by atoms with van der Waals surface area (Å²) in [6, 6.07) is -0.347. The van der Waals surface area contributed by atoms with E-state index in [1.165, 1.54) is 0 Å². The van der Waals surface area contributed by atoms with Crippen LogP contribution in [0.5, 0.6) is 0 Å². The summed E-state index contributed by atoms with van der Waals surface area (Å²) in [5.74, 6) is -1.01. The molecule has 0 spiro atoms. The Morgan fingerprint density at radius 2 is 1.55 bits per heavy atom. The molecule has 0 radical (unpaired) electrons. The highest BCUT2D eigenvalue weighted by Crippen LogP contribution is 2.24. The van der Waals surface area contributed by atoms with Gasteiger partial charge in [-0.3, -0.25) is 4.79 Å². The predicted molar refractivity (Wildman–Crippen MR) is 73.3 cm³/mol. The predicted octanol–water partition coefficient (Wildman–Crippen LogP) is 1.23. The first-order valence-corrected chi connectivity index (χ1v) is 7.54. The van der Waals surface area contributed by atoms with E-state index >= 15 is 0 Å². The first kappa shape index (κ1) is 15.1. The fraction of sp³-hybridized carbons (Fsp3) is 0.857. The Hall–Kier alpha value is -1.30. The summed E-state index contributed by atoms with van der Waals surface area (Å²) in [5.41, 5.74) is 0. The van der Waals surface area contributed by atoms with E-state index in [1.807, 2.05) is 0 Å². The van der Waals surface area contributed by atoms with Crippen LogP contribution in [0, 0.1) is 5.92 Å². The molecule has 2 atom stereocenters. The number of hydrogen-bond acceptors (Lipinski definition) is 3. The van der Waals surface area contributed by atoms with Gasteiger partial charge in [-0.1, -0.05) is 12.8 Å². The lowest BCUT2D eigenvalue weighted by Gasteiger charge is -2.31. The Bertz CT molecular complexity index is 353. The first-order valence-electron chi connectivity index (χ1n) is 7.54. The number of carboxylic acid groups (broad SMARTS) is 1. The van der Waals surface area contributed by atoms with Crippen molar-refractivity contribution < 1.29 is 19.8 Å². The summed E-state index contributed by atoms with van der Waals surface area (Å²) in [5, 5.41) is 24.5. The van der Waals surface area contributed by atoms with Gasteiger partial charge in [0.1, 0.15) is 0 Å². The van der Waals surface area contributed by atoms with E-state index in [1.54, 1.807) is 0 Å². The second-order valence-electron chi connectivity index (χ2n) is 5.96. The van der Waals surface area contributed by atoms with Gasteiger partial charge in [-0.2, -0.15) is 0 Å². The third kappa shape index (κ3) is 4.10. The van der Waals surface area contributed by atoms with Gasteiger partial charge < -0.3 is 20.8 Å². The van der Waals surface area contributed by atoms with Gasteiger partial charge in [-0.05, 0) is 38.5 Å². The molecule has 6 nitrogen and oxygen atoms in total. The molecule has 0 heterocycles. The maximum atomic E-state index is 11.9. The first-order chi connectivity index (χ1) is 9.56. The number of nitrogens with one attached hydrogen (secondary N) is 2. The van der Waals surface area contributed by atoms with Crippen LogP contribution in [0.25, 0.3) is 0 Å². The Morgan fingerprint density at radius 1 is 0.900 bits per heavy atom. The van der Waals surface area contributed by atoms with Crippen LogP contribution >= 0.6 is 0 Å². The van der Waals surface area contributed by atoms with Gasteiger partial charge in [0, 0.05) is 6.04 Å². The minimum absolute atomic E-state index is 0.0475. The standard InChI is InChI=1S/C14H24N2O4/c17-12-4-2-1-3-11(12)16-14(20)15-10-7-5-9(6-8-10)13(18)19/h9-12,17H,1-8H2,(H,18,19)(H2,15,16,20)/t9?,10?,11-,12-/m0/s1. The van der Waals surface area contributed by atoms with E-state index in [2.05, 4.69) is 10.6 Å². The molecule has 0 aliphatic heterocycles. The van der Waals surface area contributed by atoms with Crippen LogP contribution in [-0.4, -0.2) is 40.4 Å². The number of carbonyl (C=O) groups excluding carboxylic acids is 1. The molecule has 114 valence electrons. The molecule has 2 aliphatic carbocycles. The van der Waals surface area contributed by atoms with Gasteiger partial charge in [0.15, 0.2) is 0 Å². The molecule has 6 heteroatoms. The third-order valence-electron chi connectivity index (χ3n) is 4.46. The number of hydrogen-bond donors (Lipinski definition) is 4. The number of urea groups is 1. The van der Waals surface area contributed by atoms with Crippen LogP contribution in [0.15, 0.2) is 0 Å². The molecule has 0 bridgehead atoms. The smallest absolute Gasteiger partial charge is 0.315 e. The Kier molecular flexibility index (Phi) is 5.23. The molecule has 20 heavy (non-hydrogen) atoms. The lowest BCUT2D eigenvalue weighted by molar-refractivity contribution is -0.142. The number of aliphatic carboxylic acids is 1. The quantitative estimate of drug-likeness (QED) is 0.626. The molecule has 4 N–H and O–H groups in total. The van der Waals surface area contributed by atoms with Crippen LogP contribution in [0.4, 0.5) is 4.79 Å². The van der Waals surface area contributed by atoms with Gasteiger partial charge >= 0.3 is 12.0 Å². The zero-order valence-corrected chi connectivity index (χ0v) is 11.7. The third-order valence-corrected chi connectivity index (χ3v) is 4.46. The molecule has 2 saturated carbocycles. The van der Waals surface area contributed by atoms with Crippen LogP contribution in [0.1, 0.15) is 51.4 Å². The average Bonchev–Trinajstić information content (AvgIpc) is 2.42. The SMILES string of the molecule is O=C(NC1CCC(C(=O)O)CC1)N[C@H]1CCCC[C@@H]1O. The summed E-state index contributed by atoms with van der Waals surface area (Å²) in [6.07, 6.45) is 5.81. The number of rotatable bonds is 3. The maximum Gasteiger partial charge on any atom is 0.315 e. The number of carbonyl (C=O) groups is 2. The normalized spacial score (nSPS) is 34.2. The molecule has 2 fully saturated rings. The van der Waals surface area contributed by atoms with Crippen molar-refractivity contribution in [2.75, 3.05) is 0 Å². The number of amides is 2. The lowest BCUT2D eigenvalue weighted by Crippen LogP contribution is -2.51. The molecular formula is C14H24N2O4. The monoisotopic (exact) mass is 284 g/mol. The Balaban J connectivity index is 1.71. The van der Waals surface area contributed by atoms with Crippen molar-refractivity contribution in [2.45, 2.75) is 69.6 Å². The highest BCUT2D eigenvalue weighted by molar-refractivity contribution is 5.75. The zero-order valence-electron chi connectivity index (χ0n) is 11.7. The van der Waals surface area contributed by atoms with Gasteiger partial charge in [-0.25, -0.2) is 4.79 Å². The van der Waals surface area contributed by atoms with E-state index in [4.69, 9.17) is 5.11 Å². The second kappa shape index (κ2) is 6.92. The van der Waals surface area contributed by atoms with Crippen molar-refractivity contribution >= 4 is 12.0 Å². The topological polar surface area (TPSA) is 98.7 Å². The van der Waals surface area contributed by atoms with Crippen molar-refractivity contribution in [3.05, 3.63) is 0 Å². The minimum Gasteiger partial charge on any atom is -0.481 e. The lowest BCUT2D eigenvalue weighted by atomic mass is 9.86. The van der Waals surface area contributed by atoms with Crippen molar-refractivity contribution in [1.29, 1.82) is 0 Å². The van der Waals surface area contributed by atoms with Gasteiger partial charge in [0.05, 0.1) is 18.1 Å². The second-order valence-corrected chi connectivity index (χ2v) is 5.96. The van der Waals surface area contributed by atoms with Crippen LogP contribution in [0.3, 0.4) is 0 Å². The van der Waals surface area contributed by atoms with Gasteiger partial charge in [-0.15, -0.1) is 0 Å². The highest BCUT2D eigenvalue weighted by Gasteiger charge is 2.28. The molecule has 0 aromatic carbocycles. The minimum atomic E-state index is -0.738. The van der Waals surface area contributed by atoms with Crippen molar-refractivity contribution in [1.82, 2.24) is 10.6 Å². The van der Waals surface area contributed by atoms with E-state index in [0.29, 0.717) is 25.7 Å². The molecule has 0 aromatic heterocycles. The molecule has 0 saturated heterocycles. The summed E-state index contributed by atoms with van der Waals surface area (Å²) < 4.78 is 0. The average molecular weight is 284 g/mol.